The first kappa shape index (κ1) is 93.6. The fourth-order valence-electron chi connectivity index (χ4n) is 20.1. The average Bonchev–Trinajstić information content (AvgIpc) is 1.55. The van der Waals surface area contributed by atoms with E-state index in [-0.39, 0.29) is 27.8 Å². The Morgan fingerprint density at radius 1 is 0.371 bits per heavy atom. The van der Waals surface area contributed by atoms with Gasteiger partial charge in [0.1, 0.15) is 28.2 Å². The predicted molar refractivity (Wildman–Crippen MR) is 548 cm³/mol. The van der Waals surface area contributed by atoms with Crippen LogP contribution in [0.5, 0.6) is 0 Å². The minimum absolute atomic E-state index is 0.0844. The van der Waals surface area contributed by atoms with Gasteiger partial charge in [0, 0.05) is 110 Å². The van der Waals surface area contributed by atoms with E-state index in [2.05, 4.69) is 139 Å². The molecular weight excluding hydrogens is 1800 g/mol. The van der Waals surface area contributed by atoms with Crippen molar-refractivity contribution in [1.82, 2.24) is 151 Å². The van der Waals surface area contributed by atoms with Gasteiger partial charge in [-0.3, -0.25) is 76.2 Å². The maximum atomic E-state index is 12.9. The van der Waals surface area contributed by atoms with Gasteiger partial charge in [0.15, 0.2) is 34.1 Å². The molecule has 726 valence electrons. The first-order chi connectivity index (χ1) is 69.4. The summed E-state index contributed by atoms with van der Waals surface area (Å²) in [6, 6.07) is 33.1. The first-order valence-corrected chi connectivity index (χ1v) is 49.1. The van der Waals surface area contributed by atoms with Gasteiger partial charge in [0.05, 0.1) is 151 Å². The molecule has 0 spiro atoms. The van der Waals surface area contributed by atoms with Gasteiger partial charge in [-0.2, -0.15) is 30.0 Å². The lowest BCUT2D eigenvalue weighted by Crippen LogP contribution is -2.33. The zero-order valence-corrected chi connectivity index (χ0v) is 81.9. The molecule has 37 heteroatoms. The van der Waals surface area contributed by atoms with Crippen LogP contribution in [0.15, 0.2) is 212 Å². The maximum absolute atomic E-state index is 12.9. The number of benzene rings is 2. The van der Waals surface area contributed by atoms with Gasteiger partial charge in [0.2, 0.25) is 0 Å². The van der Waals surface area contributed by atoms with Crippen LogP contribution in [-0.2, 0) is 7.05 Å². The van der Waals surface area contributed by atoms with Gasteiger partial charge in [-0.25, -0.2) is 43.5 Å². The molecule has 0 aliphatic carbocycles. The fraction of sp³-hybridized carbons (Fsp3) is 0.340. The number of nitrogens with one attached hydrogen (secondary N) is 2. The minimum Gasteiger partial charge on any atom is -0.441 e. The van der Waals surface area contributed by atoms with Crippen molar-refractivity contribution in [3.05, 3.63) is 304 Å². The van der Waals surface area contributed by atoms with E-state index in [9.17, 15) is 24.0 Å². The van der Waals surface area contributed by atoms with Gasteiger partial charge in [-0.15, -0.1) is 0 Å². The quantitative estimate of drug-likeness (QED) is 0.115. The van der Waals surface area contributed by atoms with Crippen molar-refractivity contribution in [2.45, 2.75) is 144 Å². The molecule has 5 aliphatic rings. The Morgan fingerprint density at radius 2 is 0.839 bits per heavy atom. The number of oxazole rings is 1. The molecule has 0 amide bonds. The molecule has 20 aromatic rings. The van der Waals surface area contributed by atoms with Crippen LogP contribution >= 0.6 is 0 Å². The van der Waals surface area contributed by atoms with E-state index in [4.69, 9.17) is 9.40 Å². The molecule has 0 radical (unpaired) electrons. The highest BCUT2D eigenvalue weighted by molar-refractivity contribution is 5.84. The van der Waals surface area contributed by atoms with Crippen molar-refractivity contribution in [1.29, 1.82) is 0 Å². The molecule has 18 aromatic heterocycles. The third kappa shape index (κ3) is 19.8. The van der Waals surface area contributed by atoms with Crippen LogP contribution in [0.4, 0.5) is 0 Å². The fourth-order valence-corrected chi connectivity index (χ4v) is 20.1. The number of aryl methyl sites for hydroxylation is 8. The first-order valence-electron chi connectivity index (χ1n) is 49.1. The molecule has 0 atom stereocenters. The summed E-state index contributed by atoms with van der Waals surface area (Å²) in [5.41, 5.74) is 25.6. The van der Waals surface area contributed by atoms with Gasteiger partial charge >= 0.3 is 0 Å². The second-order valence-corrected chi connectivity index (χ2v) is 37.8. The summed E-state index contributed by atoms with van der Waals surface area (Å²) >= 11 is 0. The third-order valence-electron chi connectivity index (χ3n) is 28.1. The van der Waals surface area contributed by atoms with Crippen LogP contribution in [0.25, 0.3) is 129 Å². The number of pyridine rings is 1. The van der Waals surface area contributed by atoms with Crippen molar-refractivity contribution < 1.29 is 4.42 Å². The molecule has 5 aliphatic heterocycles. The van der Waals surface area contributed by atoms with E-state index < -0.39 is 0 Å². The Kier molecular flexibility index (Phi) is 26.0. The van der Waals surface area contributed by atoms with Crippen molar-refractivity contribution in [3.8, 4) is 56.7 Å². The van der Waals surface area contributed by atoms with E-state index in [0.717, 1.165) is 243 Å². The van der Waals surface area contributed by atoms with E-state index in [0.29, 0.717) is 109 Å². The van der Waals surface area contributed by atoms with Crippen molar-refractivity contribution in [3.63, 3.8) is 0 Å². The van der Waals surface area contributed by atoms with Crippen molar-refractivity contribution in [2.24, 2.45) is 7.05 Å². The Hall–Kier alpha value is -15.7. The smallest absolute Gasteiger partial charge is 0.275 e. The number of piperidine rings is 4. The highest BCUT2D eigenvalue weighted by Gasteiger charge is 2.28. The van der Waals surface area contributed by atoms with Gasteiger partial charge in [0.25, 0.3) is 27.8 Å². The van der Waals surface area contributed by atoms with Crippen LogP contribution in [0.2, 0.25) is 0 Å². The highest BCUT2D eigenvalue weighted by atomic mass is 16.3. The molecule has 0 unspecified atom stereocenters. The van der Waals surface area contributed by atoms with Crippen LogP contribution < -0.4 is 38.4 Å². The van der Waals surface area contributed by atoms with E-state index in [1.165, 1.54) is 16.1 Å². The number of rotatable bonds is 12. The number of fused-ring (bicyclic) bond motifs is 10. The molecule has 2 aromatic carbocycles. The largest absolute Gasteiger partial charge is 0.441 e. The second kappa shape index (κ2) is 39.8. The van der Waals surface area contributed by atoms with Crippen molar-refractivity contribution in [2.75, 3.05) is 85.6 Å². The second-order valence-electron chi connectivity index (χ2n) is 37.8. The molecule has 25 rings (SSSR count). The summed E-state index contributed by atoms with van der Waals surface area (Å²) in [6.45, 7) is 30.3. The molecule has 37 nitrogen and oxygen atoms in total. The summed E-state index contributed by atoms with van der Waals surface area (Å²) in [7, 11) is 4.04. The van der Waals surface area contributed by atoms with Crippen LogP contribution in [0.3, 0.4) is 0 Å². The number of hydrogen-bond donors (Lipinski definition) is 2. The van der Waals surface area contributed by atoms with Gasteiger partial charge < -0.3 is 29.8 Å². The summed E-state index contributed by atoms with van der Waals surface area (Å²) in [5.74, 6) is 2.28. The topological polar surface area (TPSA) is 392 Å². The summed E-state index contributed by atoms with van der Waals surface area (Å²) in [5, 5.41) is 30.4. The molecule has 23 heterocycles. The van der Waals surface area contributed by atoms with Crippen LogP contribution in [0.1, 0.15) is 164 Å². The SMILES string of the molecule is CCN1CCC(c2ccc3nc(-c4ccc5nc(C)oc5c4)cc(=O)n3n2)CC1.CCN1CCC(c2cn3c(=O)cc(-c4cc5c(C)nc(C)cn5n4)nc3cn2)CC1.Cc1cn2nc(-c3cc(=O)n4cc(C5CCN(C)CC5)ncc4n3)cc2c(C)n1.Cc1cn2nc(-c3cc(=O)n4cc(C5CCNCC5)ccc4n3)cc2c(C)n1.Cn1ncc2cc(-c3cc(=O)n4cc(C5=CCNCC5)ncc4n3)ccc21. The standard InChI is InChI=1S/C22H25N7O.C22H23N5O2.C21H23N7O.C21H22N6O.C20H18N6O/c1-4-27-7-5-16(6-8-27)19-13-28-21(11-23-19)25-17(10-22(28)30)18-9-20-15(3)24-14(2)12-29(20)26-18;1-3-26-10-8-15(9-11-26)17-6-7-21-24-19(13-22(28)27(21)25-17)16-4-5-18-20(12-16)29-14(2)23-18;1-13-11-28-19(14(2)23-13)8-17(25-28)16-9-21(29)27-12-18(22-10-20(27)24-16)15-4-6-26(3)7-5-15;1-13-11-27-19(14(2)23-13)9-18(25-27)17-10-21(28)26-12-16(3-4-20(26)24-17)15-5-7-22-8-6-15;1-25-18-3-2-14(8-15(18)10-23-25)16-9-20(27)26-12-17(22-11-19(26)24-16)13-4-6-21-7-5-13/h9-13,16H,4-8H2,1-3H3;4-7,12-13,15H,3,8-11H2,1-2H3;8-12,15H,4-7H2,1-3H3;3-4,9-12,15,22H,5-8H2,1-2H3;2-4,8-12,21H,5-7H2,1H3. The number of likely N-dealkylation sites (tertiary alicyclic amines) is 3. The molecule has 0 saturated carbocycles. The minimum atomic E-state index is -0.174. The lowest BCUT2D eigenvalue weighted by molar-refractivity contribution is 0.220. The van der Waals surface area contributed by atoms with Crippen molar-refractivity contribution >= 4 is 72.4 Å². The summed E-state index contributed by atoms with van der Waals surface area (Å²) < 4.78 is 20.6. The molecule has 4 saturated heterocycles. The zero-order valence-electron chi connectivity index (χ0n) is 81.9. The molecule has 4 fully saturated rings. The van der Waals surface area contributed by atoms with Gasteiger partial charge in [-0.1, -0.05) is 38.1 Å². The lowest BCUT2D eigenvalue weighted by atomic mass is 9.91. The van der Waals surface area contributed by atoms with Gasteiger partial charge in [-0.05, 0) is 256 Å². The predicted octanol–water partition coefficient (Wildman–Crippen LogP) is 12.8. The van der Waals surface area contributed by atoms with Crippen LogP contribution in [0, 0.1) is 48.5 Å². The highest BCUT2D eigenvalue weighted by Crippen LogP contribution is 2.34. The van der Waals surface area contributed by atoms with Crippen LogP contribution in [-0.4, -0.2) is 226 Å². The van der Waals surface area contributed by atoms with E-state index in [1.54, 1.807) is 80.2 Å². The zero-order chi connectivity index (χ0) is 98.5. The number of aromatic nitrogens is 26. The molecule has 143 heavy (non-hydrogen) atoms. The van der Waals surface area contributed by atoms with E-state index in [1.807, 2.05) is 176 Å². The Morgan fingerprint density at radius 3 is 1.38 bits per heavy atom. The third-order valence-corrected chi connectivity index (χ3v) is 28.1. The monoisotopic (exact) mass is 1910 g/mol. The lowest BCUT2D eigenvalue weighted by Gasteiger charge is -2.30. The summed E-state index contributed by atoms with van der Waals surface area (Å²) in [6.07, 6.45) is 31.6. The number of nitrogens with zero attached hydrogens (tertiary/aromatic N) is 29. The maximum Gasteiger partial charge on any atom is 0.275 e. The Balaban J connectivity index is 0.000000106. The Labute approximate surface area is 819 Å². The Bertz CT molecular complexity index is 8670. The molecule has 2 N–H and O–H groups in total. The van der Waals surface area contributed by atoms with E-state index >= 15 is 0 Å². The molecule has 0 bridgehead atoms. The molecular formula is C106H111N31O6. The number of hydrogen-bond acceptors (Lipinski definition) is 28. The summed E-state index contributed by atoms with van der Waals surface area (Å²) in [4.78, 5) is 126. The average molecular weight is 1920 g/mol. The normalized spacial score (nSPS) is 15.7.